The standard InChI is InChI=1S/C89H150O17P2/c1-5-9-13-17-21-25-29-33-37-39-41-43-47-50-54-58-62-66-70-74-87(92)100-80-85(106-89(94)76-72-68-64-60-56-52-48-44-42-40-38-34-30-26-22-18-14-10-6-2)82-104-108(97,98)102-78-83(90)77-101-107(95,96)103-81-84(105-88(93)75-71-67-63-59-55-51-46-36-32-28-24-20-16-12-8-4)79-99-86(91)73-69-65-61-57-53-49-45-35-31-27-23-19-15-11-7-3/h9-10,13-14,21-28,33-38,41-46,83-85,90H,5-8,11-12,15-20,29-32,39-40,47-82H2,1-4H3,(H,95,96)(H,97,98)/b13-9-,14-10-,25-21-,26-22-,27-23-,28-24-,37-33-,38-34-,43-41-,44-42-,45-35-,46-36-. The molecule has 0 rings (SSSR count). The van der Waals surface area contributed by atoms with Gasteiger partial charge in [-0.2, -0.15) is 0 Å². The van der Waals surface area contributed by atoms with Crippen LogP contribution >= 0.6 is 15.6 Å². The van der Waals surface area contributed by atoms with E-state index in [1.165, 1.54) is 38.5 Å². The highest BCUT2D eigenvalue weighted by Crippen LogP contribution is 2.45. The van der Waals surface area contributed by atoms with E-state index in [0.29, 0.717) is 25.7 Å². The number of unbranched alkanes of at least 4 members (excludes halogenated alkanes) is 28. The third-order valence-electron chi connectivity index (χ3n) is 17.3. The minimum Gasteiger partial charge on any atom is -0.462 e. The second-order valence-electron chi connectivity index (χ2n) is 27.6. The Labute approximate surface area is 656 Å². The number of esters is 4. The highest BCUT2D eigenvalue weighted by molar-refractivity contribution is 7.47. The van der Waals surface area contributed by atoms with Crippen molar-refractivity contribution in [3.63, 3.8) is 0 Å². The fourth-order valence-electron chi connectivity index (χ4n) is 10.9. The summed E-state index contributed by atoms with van der Waals surface area (Å²) in [4.78, 5) is 73.2. The highest BCUT2D eigenvalue weighted by Gasteiger charge is 2.30. The van der Waals surface area contributed by atoms with Crippen LogP contribution in [0.2, 0.25) is 0 Å². The van der Waals surface area contributed by atoms with Gasteiger partial charge >= 0.3 is 39.5 Å². The van der Waals surface area contributed by atoms with Gasteiger partial charge in [0, 0.05) is 25.7 Å². The van der Waals surface area contributed by atoms with E-state index in [1.54, 1.807) is 0 Å². The molecule has 0 aromatic rings. The molecule has 0 aliphatic heterocycles. The molecular formula is C89H150O17P2. The molecule has 5 unspecified atom stereocenters. The number of carbonyl (C=O) groups is 4. The number of carbonyl (C=O) groups excluding carboxylic acids is 4. The lowest BCUT2D eigenvalue weighted by molar-refractivity contribution is -0.161. The molecule has 3 N–H and O–H groups in total. The molecule has 17 nitrogen and oxygen atoms in total. The van der Waals surface area contributed by atoms with Crippen LogP contribution < -0.4 is 0 Å². The van der Waals surface area contributed by atoms with Crippen LogP contribution in [0.3, 0.4) is 0 Å². The van der Waals surface area contributed by atoms with E-state index < -0.39 is 97.5 Å². The summed E-state index contributed by atoms with van der Waals surface area (Å²) in [5.41, 5.74) is 0. The number of aliphatic hydroxyl groups is 1. The van der Waals surface area contributed by atoms with Gasteiger partial charge in [-0.25, -0.2) is 9.13 Å². The first-order valence-electron chi connectivity index (χ1n) is 42.1. The lowest BCUT2D eigenvalue weighted by atomic mass is 10.1. The molecule has 0 aromatic carbocycles. The molecule has 618 valence electrons. The third-order valence-corrected chi connectivity index (χ3v) is 19.2. The molecule has 0 saturated heterocycles. The van der Waals surface area contributed by atoms with Crippen molar-refractivity contribution in [2.75, 3.05) is 39.6 Å². The summed E-state index contributed by atoms with van der Waals surface area (Å²) in [5.74, 6) is -2.23. The summed E-state index contributed by atoms with van der Waals surface area (Å²) >= 11 is 0. The van der Waals surface area contributed by atoms with E-state index in [0.717, 1.165) is 218 Å². The number of aliphatic hydroxyl groups excluding tert-OH is 1. The molecule has 0 radical (unpaired) electrons. The first-order chi connectivity index (χ1) is 52.7. The van der Waals surface area contributed by atoms with Gasteiger partial charge in [0.15, 0.2) is 12.2 Å². The molecule has 19 heteroatoms. The summed E-state index contributed by atoms with van der Waals surface area (Å²) in [7, 11) is -9.99. The minimum atomic E-state index is -5.00. The van der Waals surface area contributed by atoms with Gasteiger partial charge in [-0.1, -0.05) is 289 Å². The van der Waals surface area contributed by atoms with Crippen LogP contribution in [0.4, 0.5) is 0 Å². The summed E-state index contributed by atoms with van der Waals surface area (Å²) in [6.07, 6.45) is 92.3. The van der Waals surface area contributed by atoms with E-state index in [-0.39, 0.29) is 25.7 Å². The van der Waals surface area contributed by atoms with Crippen LogP contribution in [-0.2, 0) is 65.4 Å². The number of rotatable bonds is 78. The van der Waals surface area contributed by atoms with Crippen molar-refractivity contribution in [3.8, 4) is 0 Å². The monoisotopic (exact) mass is 1550 g/mol. The average Bonchev–Trinajstić information content (AvgIpc) is 0.896. The number of phosphoric ester groups is 2. The molecule has 0 heterocycles. The van der Waals surface area contributed by atoms with Gasteiger partial charge in [-0.15, -0.1) is 0 Å². The summed E-state index contributed by atoms with van der Waals surface area (Å²) < 4.78 is 68.8. The molecule has 0 saturated carbocycles. The van der Waals surface area contributed by atoms with Crippen LogP contribution in [0.15, 0.2) is 146 Å². The Bertz CT molecular complexity index is 2610. The molecule has 108 heavy (non-hydrogen) atoms. The van der Waals surface area contributed by atoms with Gasteiger partial charge in [0.05, 0.1) is 26.4 Å². The average molecular weight is 1550 g/mol. The van der Waals surface area contributed by atoms with Gasteiger partial charge in [0.2, 0.25) is 0 Å². The van der Waals surface area contributed by atoms with Crippen molar-refractivity contribution < 1.29 is 80.2 Å². The Hall–Kier alpha value is -5.06. The smallest absolute Gasteiger partial charge is 0.462 e. The number of phosphoric acid groups is 2. The topological polar surface area (TPSA) is 237 Å². The Morgan fingerprint density at radius 1 is 0.269 bits per heavy atom. The van der Waals surface area contributed by atoms with Crippen molar-refractivity contribution in [1.82, 2.24) is 0 Å². The highest BCUT2D eigenvalue weighted by atomic mass is 31.2. The van der Waals surface area contributed by atoms with Crippen molar-refractivity contribution in [2.24, 2.45) is 0 Å². The largest absolute Gasteiger partial charge is 0.472 e. The van der Waals surface area contributed by atoms with Crippen molar-refractivity contribution >= 4 is 39.5 Å². The molecule has 0 aromatic heterocycles. The Balaban J connectivity index is 5.43. The molecule has 0 amide bonds. The van der Waals surface area contributed by atoms with Crippen LogP contribution in [0.5, 0.6) is 0 Å². The maximum absolute atomic E-state index is 13.1. The third kappa shape index (κ3) is 79.0. The summed E-state index contributed by atoms with van der Waals surface area (Å²) in [6.45, 7) is 4.56. The quantitative estimate of drug-likeness (QED) is 0.0169. The first kappa shape index (κ1) is 103. The fourth-order valence-corrected chi connectivity index (χ4v) is 12.5. The van der Waals surface area contributed by atoms with Gasteiger partial charge < -0.3 is 33.8 Å². The second-order valence-corrected chi connectivity index (χ2v) is 30.6. The zero-order valence-corrected chi connectivity index (χ0v) is 69.5. The number of ether oxygens (including phenoxy) is 4. The van der Waals surface area contributed by atoms with Crippen LogP contribution in [0.25, 0.3) is 0 Å². The van der Waals surface area contributed by atoms with Crippen LogP contribution in [0.1, 0.15) is 336 Å². The normalized spacial score (nSPS) is 14.5. The molecule has 5 atom stereocenters. The van der Waals surface area contributed by atoms with E-state index in [4.69, 9.17) is 37.0 Å². The molecule has 0 bridgehead atoms. The predicted octanol–water partition coefficient (Wildman–Crippen LogP) is 25.0. The van der Waals surface area contributed by atoms with E-state index in [2.05, 4.69) is 174 Å². The molecule has 0 fully saturated rings. The fraction of sp³-hybridized carbons (Fsp3) is 0.685. The van der Waals surface area contributed by atoms with Crippen LogP contribution in [-0.4, -0.2) is 96.7 Å². The van der Waals surface area contributed by atoms with Gasteiger partial charge in [0.25, 0.3) is 0 Å². The number of hydrogen-bond donors (Lipinski definition) is 3. The maximum Gasteiger partial charge on any atom is 0.472 e. The first-order valence-corrected chi connectivity index (χ1v) is 45.1. The minimum absolute atomic E-state index is 0.0706. The Kier molecular flexibility index (Phi) is 76.3. The number of hydrogen-bond acceptors (Lipinski definition) is 15. The Morgan fingerprint density at radius 3 is 0.741 bits per heavy atom. The van der Waals surface area contributed by atoms with E-state index in [1.807, 2.05) is 0 Å². The lowest BCUT2D eigenvalue weighted by Crippen LogP contribution is -2.30. The Morgan fingerprint density at radius 2 is 0.481 bits per heavy atom. The van der Waals surface area contributed by atoms with Gasteiger partial charge in [-0.05, 0) is 167 Å². The lowest BCUT2D eigenvalue weighted by Gasteiger charge is -2.21. The van der Waals surface area contributed by atoms with Crippen molar-refractivity contribution in [3.05, 3.63) is 146 Å². The van der Waals surface area contributed by atoms with Gasteiger partial charge in [0.1, 0.15) is 19.3 Å². The molecular weight excluding hydrogens is 1400 g/mol. The van der Waals surface area contributed by atoms with Crippen molar-refractivity contribution in [1.29, 1.82) is 0 Å². The second kappa shape index (κ2) is 80.0. The zero-order valence-electron chi connectivity index (χ0n) is 67.7. The van der Waals surface area contributed by atoms with Crippen molar-refractivity contribution in [2.45, 2.75) is 354 Å². The molecule has 0 aliphatic rings. The summed E-state index contributed by atoms with van der Waals surface area (Å²) in [5, 5.41) is 10.7. The SMILES string of the molecule is CC/C=C\C/C=C\C/C=C\C/C=C\CCCCCCCCC(=O)OCC(COP(=O)(O)OCC(O)COP(=O)(O)OCC(COC(=O)CCCCCCC/C=C\C/C=C\CCCCC)OC(=O)CCCCCCC/C=C\C/C=C\CCCCC)OC(=O)CCCCCCCC/C=C\C/C=C\C/C=C\C/C=C\CC. The zero-order chi connectivity index (χ0) is 78.9. The summed E-state index contributed by atoms with van der Waals surface area (Å²) in [6, 6.07) is 0. The number of allylic oxidation sites excluding steroid dienone is 24. The maximum atomic E-state index is 13.1. The van der Waals surface area contributed by atoms with Crippen LogP contribution in [0, 0.1) is 0 Å². The predicted molar refractivity (Wildman–Crippen MR) is 445 cm³/mol. The molecule has 0 spiro atoms. The van der Waals surface area contributed by atoms with E-state index in [9.17, 15) is 43.2 Å². The van der Waals surface area contributed by atoms with E-state index >= 15 is 0 Å². The van der Waals surface area contributed by atoms with Gasteiger partial charge in [-0.3, -0.25) is 37.3 Å². The molecule has 0 aliphatic carbocycles.